The summed E-state index contributed by atoms with van der Waals surface area (Å²) in [6.45, 7) is 0.465. The molecule has 0 aliphatic carbocycles. The molecule has 0 spiro atoms. The van der Waals surface area contributed by atoms with Gasteiger partial charge in [0.15, 0.2) is 0 Å². The molecule has 1 amide bonds. The maximum Gasteiger partial charge on any atom is 0.341 e. The van der Waals surface area contributed by atoms with Crippen molar-refractivity contribution in [3.8, 4) is 0 Å². The fourth-order valence-corrected chi connectivity index (χ4v) is 2.53. The fourth-order valence-electron chi connectivity index (χ4n) is 1.96. The first kappa shape index (κ1) is 13.2. The number of methoxy groups -OCH3 is 1. The van der Waals surface area contributed by atoms with E-state index in [9.17, 15) is 9.59 Å². The summed E-state index contributed by atoms with van der Waals surface area (Å²) < 4.78 is 4.70. The summed E-state index contributed by atoms with van der Waals surface area (Å²) in [5.41, 5.74) is 0.702. The number of benzene rings is 1. The van der Waals surface area contributed by atoms with Crippen molar-refractivity contribution in [1.82, 2.24) is 0 Å². The van der Waals surface area contributed by atoms with Crippen LogP contribution in [0.25, 0.3) is 0 Å². The van der Waals surface area contributed by atoms with E-state index in [1.807, 2.05) is 0 Å². The summed E-state index contributed by atoms with van der Waals surface area (Å²) in [6, 6.07) is 4.97. The summed E-state index contributed by atoms with van der Waals surface area (Å²) >= 11 is 10.3. The monoisotopic (exact) mass is 285 g/mol. The molecular weight excluding hydrogens is 274 g/mol. The first-order valence-electron chi connectivity index (χ1n) is 5.40. The Bertz CT molecular complexity index is 506. The Morgan fingerprint density at radius 1 is 1.56 bits per heavy atom. The Labute approximate surface area is 115 Å². The van der Waals surface area contributed by atoms with E-state index in [0.717, 1.165) is 0 Å². The molecule has 4 nitrogen and oxygen atoms in total. The van der Waals surface area contributed by atoms with E-state index >= 15 is 0 Å². The molecule has 18 heavy (non-hydrogen) atoms. The van der Waals surface area contributed by atoms with Crippen molar-refractivity contribution in [2.24, 2.45) is 0 Å². The van der Waals surface area contributed by atoms with Crippen LogP contribution in [0.4, 0.5) is 5.69 Å². The summed E-state index contributed by atoms with van der Waals surface area (Å²) in [5.74, 6) is -0.617. The molecule has 0 bridgehead atoms. The van der Waals surface area contributed by atoms with Crippen molar-refractivity contribution in [1.29, 1.82) is 0 Å². The molecule has 1 aromatic rings. The number of halogens is 1. The van der Waals surface area contributed by atoms with Crippen LogP contribution >= 0.6 is 24.2 Å². The smallest absolute Gasteiger partial charge is 0.341 e. The van der Waals surface area contributed by atoms with Crippen molar-refractivity contribution in [3.05, 3.63) is 28.8 Å². The molecule has 96 valence electrons. The van der Waals surface area contributed by atoms with Gasteiger partial charge in [0.05, 0.1) is 17.8 Å². The highest BCUT2D eigenvalue weighted by Gasteiger charge is 2.31. The fraction of sp³-hybridized carbons (Fsp3) is 0.333. The molecule has 1 atom stereocenters. The van der Waals surface area contributed by atoms with Crippen LogP contribution in [0, 0.1) is 0 Å². The molecule has 0 N–H and O–H groups in total. The standard InChI is InChI=1S/C12H12ClNO3S/c1-17-12(16)11-8(13)3-2-4-9(11)14-6-7(18)5-10(14)15/h2-4,7,18H,5-6H2,1H3. The number of carbonyl (C=O) groups excluding carboxylic acids is 2. The second kappa shape index (κ2) is 5.20. The van der Waals surface area contributed by atoms with Gasteiger partial charge in [-0.3, -0.25) is 4.79 Å². The van der Waals surface area contributed by atoms with Crippen LogP contribution in [0.3, 0.4) is 0 Å². The molecule has 1 saturated heterocycles. The van der Waals surface area contributed by atoms with Crippen molar-refractivity contribution < 1.29 is 14.3 Å². The number of ether oxygens (including phenoxy) is 1. The Balaban J connectivity index is 2.48. The third-order valence-corrected chi connectivity index (χ3v) is 3.44. The van der Waals surface area contributed by atoms with E-state index in [-0.39, 0.29) is 21.7 Å². The molecule has 6 heteroatoms. The van der Waals surface area contributed by atoms with Gasteiger partial charge in [-0.05, 0) is 12.1 Å². The van der Waals surface area contributed by atoms with E-state index in [1.165, 1.54) is 12.0 Å². The average molecular weight is 286 g/mol. The van der Waals surface area contributed by atoms with Crippen molar-refractivity contribution in [3.63, 3.8) is 0 Å². The number of hydrogen-bond donors (Lipinski definition) is 1. The molecule has 0 radical (unpaired) electrons. The lowest BCUT2D eigenvalue weighted by atomic mass is 10.1. The van der Waals surface area contributed by atoms with Crippen LogP contribution in [0.1, 0.15) is 16.8 Å². The van der Waals surface area contributed by atoms with Gasteiger partial charge >= 0.3 is 5.97 Å². The topological polar surface area (TPSA) is 46.6 Å². The highest BCUT2D eigenvalue weighted by molar-refractivity contribution is 7.81. The van der Waals surface area contributed by atoms with Crippen molar-refractivity contribution >= 4 is 41.8 Å². The Morgan fingerprint density at radius 2 is 2.28 bits per heavy atom. The zero-order valence-corrected chi connectivity index (χ0v) is 11.4. The molecule has 0 saturated carbocycles. The van der Waals surface area contributed by atoms with Crippen LogP contribution in [0.5, 0.6) is 0 Å². The van der Waals surface area contributed by atoms with Crippen molar-refractivity contribution in [2.75, 3.05) is 18.6 Å². The second-order valence-electron chi connectivity index (χ2n) is 3.99. The Kier molecular flexibility index (Phi) is 3.82. The van der Waals surface area contributed by atoms with Gasteiger partial charge in [-0.2, -0.15) is 12.6 Å². The van der Waals surface area contributed by atoms with Gasteiger partial charge in [0.2, 0.25) is 5.91 Å². The first-order valence-corrected chi connectivity index (χ1v) is 6.29. The molecule has 2 rings (SSSR count). The summed E-state index contributed by atoms with van der Waals surface area (Å²) in [7, 11) is 1.28. The normalized spacial score (nSPS) is 19.2. The molecule has 1 heterocycles. The maximum absolute atomic E-state index is 11.8. The molecule has 1 unspecified atom stereocenters. The minimum absolute atomic E-state index is 0.0259. The Morgan fingerprint density at radius 3 is 2.83 bits per heavy atom. The van der Waals surface area contributed by atoms with Crippen LogP contribution in [-0.2, 0) is 9.53 Å². The van der Waals surface area contributed by atoms with Gasteiger partial charge in [-0.25, -0.2) is 4.79 Å². The van der Waals surface area contributed by atoms with E-state index in [1.54, 1.807) is 18.2 Å². The Hall–Kier alpha value is -1.20. The number of esters is 1. The minimum atomic E-state index is -0.550. The average Bonchev–Trinajstić information content (AvgIpc) is 2.67. The predicted molar refractivity (Wildman–Crippen MR) is 72.5 cm³/mol. The number of amides is 1. The SMILES string of the molecule is COC(=O)c1c(Cl)cccc1N1CC(S)CC1=O. The predicted octanol–water partition coefficient (Wildman–Crippen LogP) is 2.16. The number of carbonyl (C=O) groups is 2. The van der Waals surface area contributed by atoms with Gasteiger partial charge in [-0.15, -0.1) is 0 Å². The number of nitrogens with zero attached hydrogens (tertiary/aromatic N) is 1. The third kappa shape index (κ3) is 2.33. The number of rotatable bonds is 2. The lowest BCUT2D eigenvalue weighted by Gasteiger charge is -2.19. The van der Waals surface area contributed by atoms with E-state index in [4.69, 9.17) is 16.3 Å². The number of hydrogen-bond acceptors (Lipinski definition) is 4. The molecule has 1 aliphatic rings. The van der Waals surface area contributed by atoms with Crippen molar-refractivity contribution in [2.45, 2.75) is 11.7 Å². The molecule has 0 aromatic heterocycles. The van der Waals surface area contributed by atoms with Crippen LogP contribution < -0.4 is 4.90 Å². The van der Waals surface area contributed by atoms with Gasteiger partial charge in [0.25, 0.3) is 0 Å². The largest absolute Gasteiger partial charge is 0.465 e. The van der Waals surface area contributed by atoms with E-state index in [2.05, 4.69) is 12.6 Å². The first-order chi connectivity index (χ1) is 8.54. The van der Waals surface area contributed by atoms with Gasteiger partial charge in [0.1, 0.15) is 5.56 Å². The highest BCUT2D eigenvalue weighted by Crippen LogP contribution is 2.32. The van der Waals surface area contributed by atoms with Crippen LogP contribution in [0.2, 0.25) is 5.02 Å². The van der Waals surface area contributed by atoms with Crippen LogP contribution in [-0.4, -0.2) is 30.8 Å². The lowest BCUT2D eigenvalue weighted by molar-refractivity contribution is -0.117. The maximum atomic E-state index is 11.8. The summed E-state index contributed by atoms with van der Waals surface area (Å²) in [4.78, 5) is 25.1. The third-order valence-electron chi connectivity index (χ3n) is 2.78. The van der Waals surface area contributed by atoms with Gasteiger partial charge in [0, 0.05) is 18.2 Å². The minimum Gasteiger partial charge on any atom is -0.465 e. The molecule has 1 aliphatic heterocycles. The van der Waals surface area contributed by atoms with E-state index in [0.29, 0.717) is 18.7 Å². The quantitative estimate of drug-likeness (QED) is 0.669. The van der Waals surface area contributed by atoms with Crippen LogP contribution in [0.15, 0.2) is 18.2 Å². The van der Waals surface area contributed by atoms with Gasteiger partial charge in [-0.1, -0.05) is 17.7 Å². The lowest BCUT2D eigenvalue weighted by Crippen LogP contribution is -2.27. The molecular formula is C12H12ClNO3S. The number of anilines is 1. The van der Waals surface area contributed by atoms with E-state index < -0.39 is 5.97 Å². The number of thiol groups is 1. The highest BCUT2D eigenvalue weighted by atomic mass is 35.5. The molecule has 1 fully saturated rings. The van der Waals surface area contributed by atoms with Gasteiger partial charge < -0.3 is 9.64 Å². The second-order valence-corrected chi connectivity index (χ2v) is 5.13. The summed E-state index contributed by atoms with van der Waals surface area (Å²) in [6.07, 6.45) is 0.357. The zero-order chi connectivity index (χ0) is 13.3. The summed E-state index contributed by atoms with van der Waals surface area (Å²) in [5, 5.41) is 0.247. The molecule has 1 aromatic carbocycles. The zero-order valence-electron chi connectivity index (χ0n) is 9.72.